The predicted molar refractivity (Wildman–Crippen MR) is 120 cm³/mol. The highest BCUT2D eigenvalue weighted by atomic mass is 32.5. The third-order valence-corrected chi connectivity index (χ3v) is 8.26. The summed E-state index contributed by atoms with van der Waals surface area (Å²) in [6.45, 7) is 2.04. The van der Waals surface area contributed by atoms with Gasteiger partial charge in [0.05, 0.1) is 21.0 Å². The minimum absolute atomic E-state index is 0.177. The van der Waals surface area contributed by atoms with Crippen LogP contribution in [0.3, 0.4) is 0 Å². The van der Waals surface area contributed by atoms with E-state index in [0.717, 1.165) is 30.5 Å². The van der Waals surface area contributed by atoms with Gasteiger partial charge in [-0.3, -0.25) is 9.52 Å². The molecule has 0 aliphatic carbocycles. The van der Waals surface area contributed by atoms with Crippen molar-refractivity contribution in [3.63, 3.8) is 0 Å². The van der Waals surface area contributed by atoms with Crippen LogP contribution < -0.4 is 10.0 Å². The molecule has 0 atom stereocenters. The van der Waals surface area contributed by atoms with Crippen LogP contribution in [-0.4, -0.2) is 41.7 Å². The summed E-state index contributed by atoms with van der Waals surface area (Å²) in [4.78, 5) is 8.85. The van der Waals surface area contributed by atoms with Crippen LogP contribution in [0.15, 0.2) is 69.3 Å². The summed E-state index contributed by atoms with van der Waals surface area (Å²) in [6.07, 6.45) is -4.80. The number of hydrogen-bond acceptors (Lipinski definition) is 5. The number of alkyl halides is 3. The van der Waals surface area contributed by atoms with E-state index in [1.165, 1.54) is 0 Å². The lowest BCUT2D eigenvalue weighted by molar-refractivity contribution is -0.0934. The number of carbonyl (C=O) groups is 1. The monoisotopic (exact) mass is 602 g/mol. The maximum absolute atomic E-state index is 13.3. The Hall–Kier alpha value is -2.86. The van der Waals surface area contributed by atoms with E-state index in [4.69, 9.17) is 0 Å². The van der Waals surface area contributed by atoms with E-state index in [0.29, 0.717) is 0 Å². The summed E-state index contributed by atoms with van der Waals surface area (Å²) >= 11 is 0. The smallest absolute Gasteiger partial charge is 0.352 e. The van der Waals surface area contributed by atoms with Crippen LogP contribution in [-0.2, 0) is 19.9 Å². The summed E-state index contributed by atoms with van der Waals surface area (Å²) in [5.41, 5.74) is -3.42. The average Bonchev–Trinajstić information content (AvgIpc) is 2.70. The van der Waals surface area contributed by atoms with E-state index in [1.54, 1.807) is 4.72 Å². The molecule has 0 radical (unpaired) electrons. The van der Waals surface area contributed by atoms with Crippen molar-refractivity contribution in [2.75, 3.05) is 17.5 Å². The number of amides is 1. The summed E-state index contributed by atoms with van der Waals surface area (Å²) in [5.74, 6) is -1.38. The first-order valence-electron chi connectivity index (χ1n) is 9.55. The molecule has 0 aromatic heterocycles. The Morgan fingerprint density at radius 3 is 1.89 bits per heavy atom. The van der Waals surface area contributed by atoms with Gasteiger partial charge in [0.2, 0.25) is 0 Å². The Labute approximate surface area is 206 Å². The molecule has 0 heterocycles. The third-order valence-electron chi connectivity index (χ3n) is 4.60. The van der Waals surface area contributed by atoms with Gasteiger partial charge in [-0.2, -0.15) is 13.2 Å². The number of carbonyl (C=O) groups excluding carboxylic acids is 1. The van der Waals surface area contributed by atoms with Gasteiger partial charge >= 0.3 is 16.4 Å². The third kappa shape index (κ3) is 8.06. The molecule has 2 aromatic carbocycles. The van der Waals surface area contributed by atoms with E-state index < -0.39 is 81.7 Å². The fraction of sp³-hybridized carbons (Fsp3) is 0.211. The first-order chi connectivity index (χ1) is 16.3. The summed E-state index contributed by atoms with van der Waals surface area (Å²) in [5, 5.41) is 1.91. The van der Waals surface area contributed by atoms with Crippen LogP contribution in [0.2, 0.25) is 0 Å². The SMILES string of the molecule is C=C(CCNC(=O)c1ccc(S(F)(F)(F)(F)F)cc1NS(=O)(=O)c1ccc(S(C)(=O)=O)cc1)C(F)(F)F. The molecule has 2 aromatic rings. The zero-order valence-electron chi connectivity index (χ0n) is 18.5. The fourth-order valence-corrected chi connectivity index (χ4v) is 5.05. The number of rotatable bonds is 9. The number of hydrogen-bond donors (Lipinski definition) is 2. The average molecular weight is 603 g/mol. The molecule has 0 bridgehead atoms. The van der Waals surface area contributed by atoms with Crippen LogP contribution in [0.25, 0.3) is 0 Å². The molecule has 208 valence electrons. The van der Waals surface area contributed by atoms with Crippen molar-refractivity contribution in [2.45, 2.75) is 27.3 Å². The fourth-order valence-electron chi connectivity index (χ4n) is 2.68. The Balaban J connectivity index is 2.49. The molecule has 2 N–H and O–H groups in total. The zero-order chi connectivity index (χ0) is 28.7. The van der Waals surface area contributed by atoms with Crippen molar-refractivity contribution >= 4 is 41.7 Å². The first kappa shape index (κ1) is 30.4. The van der Waals surface area contributed by atoms with E-state index >= 15 is 0 Å². The number of sulfonamides is 1. The highest BCUT2D eigenvalue weighted by Gasteiger charge is 2.65. The normalized spacial score (nSPS) is 14.8. The topological polar surface area (TPSA) is 109 Å². The Kier molecular flexibility index (Phi) is 7.28. The highest BCUT2D eigenvalue weighted by molar-refractivity contribution is 8.45. The van der Waals surface area contributed by atoms with Crippen LogP contribution in [0.4, 0.5) is 38.3 Å². The zero-order valence-corrected chi connectivity index (χ0v) is 20.9. The lowest BCUT2D eigenvalue weighted by atomic mass is 10.1. The minimum Gasteiger partial charge on any atom is -0.352 e. The van der Waals surface area contributed by atoms with Gasteiger partial charge in [-0.15, -0.1) is 0 Å². The second kappa shape index (κ2) is 8.87. The highest BCUT2D eigenvalue weighted by Crippen LogP contribution is 3.02. The second-order valence-corrected chi connectivity index (χ2v) is 13.7. The van der Waals surface area contributed by atoms with Gasteiger partial charge in [0.25, 0.3) is 15.9 Å². The van der Waals surface area contributed by atoms with Gasteiger partial charge < -0.3 is 5.32 Å². The summed E-state index contributed by atoms with van der Waals surface area (Å²) in [6, 6.07) is 2.96. The number of nitrogens with one attached hydrogen (secondary N) is 2. The standard InChI is InChI=1S/C19H18F8N2O5S3/c1-12(19(20,21)22)9-10-28-18(30)16-8-7-15(37(23,24,25,26)27)11-17(16)29-36(33,34)14-5-3-13(4-6-14)35(2,31)32/h3-8,11,29H,1,9-10H2,2H3,(H,28,30). The Morgan fingerprint density at radius 1 is 0.919 bits per heavy atom. The Morgan fingerprint density at radius 2 is 1.43 bits per heavy atom. The molecule has 2 rings (SSSR count). The van der Waals surface area contributed by atoms with E-state index in [-0.39, 0.29) is 23.1 Å². The first-order valence-corrected chi connectivity index (χ1v) is 14.9. The minimum atomic E-state index is -10.4. The van der Waals surface area contributed by atoms with Crippen LogP contribution in [0.1, 0.15) is 16.8 Å². The van der Waals surface area contributed by atoms with Crippen LogP contribution in [0.5, 0.6) is 0 Å². The van der Waals surface area contributed by atoms with Gasteiger partial charge in [-0.25, -0.2) is 16.8 Å². The van der Waals surface area contributed by atoms with Crippen molar-refractivity contribution in [1.82, 2.24) is 5.32 Å². The largest absolute Gasteiger partial charge is 0.412 e. The van der Waals surface area contributed by atoms with Gasteiger partial charge in [0, 0.05) is 18.4 Å². The molecular formula is C19H18F8N2O5S3. The lowest BCUT2D eigenvalue weighted by Gasteiger charge is -2.40. The van der Waals surface area contributed by atoms with Gasteiger partial charge in [-0.1, -0.05) is 26.0 Å². The number of sulfone groups is 1. The second-order valence-electron chi connectivity index (χ2n) is 7.63. The van der Waals surface area contributed by atoms with Gasteiger partial charge in [0.15, 0.2) is 9.84 Å². The van der Waals surface area contributed by atoms with E-state index in [9.17, 15) is 54.2 Å². The molecule has 0 aliphatic rings. The molecule has 1 amide bonds. The van der Waals surface area contributed by atoms with Crippen LogP contribution >= 0.6 is 10.2 Å². The van der Waals surface area contributed by atoms with Crippen molar-refractivity contribution in [2.24, 2.45) is 0 Å². The molecule has 0 spiro atoms. The number of halogens is 8. The lowest BCUT2D eigenvalue weighted by Crippen LogP contribution is -2.28. The van der Waals surface area contributed by atoms with Crippen molar-refractivity contribution in [3.05, 3.63) is 60.2 Å². The maximum Gasteiger partial charge on any atom is 0.412 e. The quantitative estimate of drug-likeness (QED) is 0.279. The Bertz CT molecular complexity index is 1450. The molecule has 0 unspecified atom stereocenters. The van der Waals surface area contributed by atoms with Gasteiger partial charge in [-0.05, 0) is 48.9 Å². The predicted octanol–water partition coefficient (Wildman–Crippen LogP) is 5.79. The van der Waals surface area contributed by atoms with Crippen molar-refractivity contribution in [3.8, 4) is 0 Å². The van der Waals surface area contributed by atoms with Crippen molar-refractivity contribution < 1.29 is 54.2 Å². The maximum atomic E-state index is 13.3. The summed E-state index contributed by atoms with van der Waals surface area (Å²) in [7, 11) is -19.0. The van der Waals surface area contributed by atoms with Gasteiger partial charge in [0.1, 0.15) is 4.90 Å². The number of benzene rings is 2. The number of anilines is 1. The van der Waals surface area contributed by atoms with E-state index in [1.807, 2.05) is 5.32 Å². The van der Waals surface area contributed by atoms with Crippen molar-refractivity contribution in [1.29, 1.82) is 0 Å². The molecule has 18 heteroatoms. The summed E-state index contributed by atoms with van der Waals surface area (Å²) < 4.78 is 154. The molecule has 0 saturated carbocycles. The molecule has 7 nitrogen and oxygen atoms in total. The van der Waals surface area contributed by atoms with Crippen LogP contribution in [0, 0.1) is 0 Å². The van der Waals surface area contributed by atoms with E-state index in [2.05, 4.69) is 6.58 Å². The molecule has 0 fully saturated rings. The molecule has 37 heavy (non-hydrogen) atoms. The molecule has 0 saturated heterocycles. The molecule has 0 aliphatic heterocycles. The molecular weight excluding hydrogens is 584 g/mol.